The van der Waals surface area contributed by atoms with Crippen LogP contribution in [0.15, 0.2) is 85.7 Å². The van der Waals surface area contributed by atoms with Gasteiger partial charge in [-0.2, -0.15) is 10.2 Å². The van der Waals surface area contributed by atoms with E-state index in [1.807, 2.05) is 105 Å². The number of hydrogen-bond donors (Lipinski definition) is 0. The number of hydrogen-bond acceptors (Lipinski definition) is 10. The van der Waals surface area contributed by atoms with Crippen LogP contribution in [0.5, 0.6) is 11.5 Å². The van der Waals surface area contributed by atoms with Crippen molar-refractivity contribution in [2.24, 2.45) is 0 Å². The highest BCUT2D eigenvalue weighted by Crippen LogP contribution is 2.39. The molecule has 0 saturated heterocycles. The highest BCUT2D eigenvalue weighted by Gasteiger charge is 2.28. The molecule has 62 heavy (non-hydrogen) atoms. The number of aromatic nitrogens is 10. The van der Waals surface area contributed by atoms with Crippen molar-refractivity contribution in [3.63, 3.8) is 0 Å². The van der Waals surface area contributed by atoms with Crippen LogP contribution in [0, 0.1) is 13.8 Å². The van der Waals surface area contributed by atoms with Crippen LogP contribution in [0.2, 0.25) is 8.67 Å². The summed E-state index contributed by atoms with van der Waals surface area (Å²) in [6.07, 6.45) is 19.8. The van der Waals surface area contributed by atoms with Gasteiger partial charge in [-0.1, -0.05) is 47.5 Å². The number of halogens is 2. The first-order valence-corrected chi connectivity index (χ1v) is 22.7. The summed E-state index contributed by atoms with van der Waals surface area (Å²) in [5.41, 5.74) is 5.87. The molecular weight excluding hydrogens is 860 g/mol. The zero-order valence-corrected chi connectivity index (χ0v) is 37.8. The third-order valence-electron chi connectivity index (χ3n) is 10.9. The Hall–Kier alpha value is -5.80. The molecule has 316 valence electrons. The van der Waals surface area contributed by atoms with E-state index in [0.29, 0.717) is 0 Å². The number of rotatable bonds is 10. The first kappa shape index (κ1) is 41.5. The quantitative estimate of drug-likeness (QED) is 0.133. The number of methoxy groups -OCH3 is 2. The summed E-state index contributed by atoms with van der Waals surface area (Å²) in [7, 11) is 3.36. The summed E-state index contributed by atoms with van der Waals surface area (Å²) < 4.78 is 20.8. The van der Waals surface area contributed by atoms with Crippen molar-refractivity contribution in [2.75, 3.05) is 14.2 Å². The molecule has 2 atom stereocenters. The van der Waals surface area contributed by atoms with Crippen molar-refractivity contribution in [1.29, 1.82) is 0 Å². The molecule has 12 nitrogen and oxygen atoms in total. The van der Waals surface area contributed by atoms with Crippen LogP contribution in [0.1, 0.15) is 93.1 Å². The molecule has 0 saturated carbocycles. The Morgan fingerprint density at radius 3 is 1.44 bits per heavy atom. The predicted octanol–water partition coefficient (Wildman–Crippen LogP) is 11.2. The second-order valence-electron chi connectivity index (χ2n) is 15.1. The number of benzene rings is 2. The van der Waals surface area contributed by atoms with Crippen molar-refractivity contribution in [3.05, 3.63) is 150 Å². The molecule has 8 heterocycles. The maximum atomic E-state index is 6.15. The van der Waals surface area contributed by atoms with E-state index in [9.17, 15) is 0 Å². The van der Waals surface area contributed by atoms with E-state index in [0.717, 1.165) is 116 Å². The highest BCUT2D eigenvalue weighted by atomic mass is 35.5. The summed E-state index contributed by atoms with van der Waals surface area (Å²) in [6, 6.07) is 20.3. The van der Waals surface area contributed by atoms with Crippen LogP contribution >= 0.6 is 45.9 Å². The largest absolute Gasteiger partial charge is 0.495 e. The molecule has 2 aromatic carbocycles. The van der Waals surface area contributed by atoms with Gasteiger partial charge in [0.2, 0.25) is 0 Å². The maximum Gasteiger partial charge on any atom is 0.174 e. The van der Waals surface area contributed by atoms with Gasteiger partial charge in [-0.3, -0.25) is 0 Å². The van der Waals surface area contributed by atoms with Gasteiger partial charge in [-0.15, -0.1) is 22.7 Å². The van der Waals surface area contributed by atoms with Crippen molar-refractivity contribution >= 4 is 70.2 Å². The highest BCUT2D eigenvalue weighted by molar-refractivity contribution is 7.16. The number of thiophene rings is 2. The second kappa shape index (κ2) is 18.3. The van der Waals surface area contributed by atoms with E-state index >= 15 is 0 Å². The lowest BCUT2D eigenvalue weighted by molar-refractivity contribution is 0.412. The summed E-state index contributed by atoms with van der Waals surface area (Å²) in [6.45, 7) is 5.74. The number of aryl methyl sites for hydroxylation is 4. The fraction of sp³-hybridized carbons (Fsp3) is 0.261. The Morgan fingerprint density at radius 1 is 0.613 bits per heavy atom. The lowest BCUT2D eigenvalue weighted by Gasteiger charge is -2.20. The zero-order chi connectivity index (χ0) is 42.7. The molecule has 0 radical (unpaired) electrons. The summed E-state index contributed by atoms with van der Waals surface area (Å²) in [5, 5.41) is 9.41. The third-order valence-corrected chi connectivity index (χ3v) is 13.6. The molecule has 6 aromatic heterocycles. The van der Waals surface area contributed by atoms with Gasteiger partial charge in [-0.05, 0) is 111 Å². The molecule has 16 heteroatoms. The van der Waals surface area contributed by atoms with Gasteiger partial charge in [0.05, 0.1) is 70.1 Å². The van der Waals surface area contributed by atoms with Crippen LogP contribution in [-0.4, -0.2) is 62.9 Å². The van der Waals surface area contributed by atoms with E-state index in [1.54, 1.807) is 49.5 Å². The molecule has 2 aliphatic rings. The maximum absolute atomic E-state index is 6.15. The monoisotopic (exact) mass is 902 g/mol. The van der Waals surface area contributed by atoms with Gasteiger partial charge in [0, 0.05) is 35.2 Å². The Morgan fingerprint density at radius 2 is 1.06 bits per heavy atom. The summed E-state index contributed by atoms with van der Waals surface area (Å²) in [5.74, 6) is 5.58. The van der Waals surface area contributed by atoms with E-state index in [-0.39, 0.29) is 11.8 Å². The van der Waals surface area contributed by atoms with Crippen molar-refractivity contribution < 1.29 is 9.47 Å². The lowest BCUT2D eigenvalue weighted by atomic mass is 9.97. The Labute approximate surface area is 377 Å². The van der Waals surface area contributed by atoms with E-state index < -0.39 is 0 Å². The van der Waals surface area contributed by atoms with Crippen molar-refractivity contribution in [2.45, 2.75) is 64.5 Å². The van der Waals surface area contributed by atoms with Gasteiger partial charge in [0.25, 0.3) is 0 Å². The minimum atomic E-state index is 0.263. The molecule has 0 aliphatic carbocycles. The van der Waals surface area contributed by atoms with Crippen LogP contribution in [0.25, 0.3) is 35.7 Å². The van der Waals surface area contributed by atoms with Crippen molar-refractivity contribution in [1.82, 2.24) is 48.6 Å². The fourth-order valence-electron chi connectivity index (χ4n) is 7.92. The average molecular weight is 904 g/mol. The molecule has 0 bridgehead atoms. The fourth-order valence-corrected chi connectivity index (χ4v) is 10.3. The molecule has 0 amide bonds. The molecule has 0 spiro atoms. The van der Waals surface area contributed by atoms with E-state index in [4.69, 9.17) is 52.8 Å². The summed E-state index contributed by atoms with van der Waals surface area (Å²) >= 11 is 15.6. The van der Waals surface area contributed by atoms with Gasteiger partial charge in [-0.25, -0.2) is 29.3 Å². The predicted molar refractivity (Wildman–Crippen MR) is 248 cm³/mol. The number of nitrogens with zero attached hydrogens (tertiary/aromatic N) is 10. The van der Waals surface area contributed by atoms with Gasteiger partial charge >= 0.3 is 0 Å². The van der Waals surface area contributed by atoms with Crippen LogP contribution in [0.3, 0.4) is 0 Å². The van der Waals surface area contributed by atoms with Gasteiger partial charge < -0.3 is 18.6 Å². The number of fused-ring (bicyclic) bond motifs is 2. The van der Waals surface area contributed by atoms with Crippen LogP contribution < -0.4 is 9.47 Å². The first-order chi connectivity index (χ1) is 30.2. The minimum Gasteiger partial charge on any atom is -0.495 e. The normalized spacial score (nSPS) is 16.0. The molecule has 0 fully saturated rings. The van der Waals surface area contributed by atoms with Crippen LogP contribution in [0.4, 0.5) is 0 Å². The molecule has 10 rings (SSSR count). The topological polar surface area (TPSA) is 116 Å². The first-order valence-electron chi connectivity index (χ1n) is 20.4. The number of imidazole rings is 2. The molecular formula is C46H44Cl2N10O2S2. The number of ether oxygens (including phenoxy) is 2. The Bertz CT molecular complexity index is 2700. The average Bonchev–Trinajstić information content (AvgIpc) is 4.16. The van der Waals surface area contributed by atoms with Crippen LogP contribution in [-0.2, 0) is 13.1 Å². The molecule has 8 aromatic rings. The lowest BCUT2D eigenvalue weighted by Crippen LogP contribution is -2.17. The van der Waals surface area contributed by atoms with E-state index in [2.05, 4.69) is 34.2 Å². The molecule has 0 unspecified atom stereocenters. The second-order valence-corrected chi connectivity index (χ2v) is 18.6. The van der Waals surface area contributed by atoms with Crippen molar-refractivity contribution in [3.8, 4) is 22.9 Å². The Balaban J connectivity index is 0.000000158. The summed E-state index contributed by atoms with van der Waals surface area (Å²) in [4.78, 5) is 20.8. The smallest absolute Gasteiger partial charge is 0.174 e. The standard InChI is InChI=1S/2C23H22ClN5OS/c2*1-15-13-28(14-25-15)18-7-5-16(12-19(18)30-2)6-10-22-26-23-17(4-3-11-29(23)27-22)20-8-9-21(24)31-20/h2*5-10,12-14,17H,3-4,11H2,1-2H3/b2*10-6+/t2*17-/m10/s1. The zero-order valence-electron chi connectivity index (χ0n) is 34.7. The SMILES string of the molecule is COc1cc(/C=C/c2nc3n(n2)CCC[C@@H]3c2ccc(Cl)s2)ccc1-n1cnc(C)c1.COc1cc(/C=C/c2nc3n(n2)CCC[C@H]3c2ccc(Cl)s2)ccc1-n1cnc(C)c1. The van der Waals surface area contributed by atoms with E-state index in [1.165, 1.54) is 9.75 Å². The minimum absolute atomic E-state index is 0.263. The third kappa shape index (κ3) is 9.05. The van der Waals surface area contributed by atoms with Gasteiger partial charge in [0.15, 0.2) is 11.6 Å². The Kier molecular flexibility index (Phi) is 12.2. The van der Waals surface area contributed by atoms with Gasteiger partial charge in [0.1, 0.15) is 23.1 Å². The molecule has 0 N–H and O–H groups in total. The molecule has 2 aliphatic heterocycles.